The van der Waals surface area contributed by atoms with E-state index in [1.54, 1.807) is 0 Å². The zero-order valence-corrected chi connectivity index (χ0v) is 7.74. The summed E-state index contributed by atoms with van der Waals surface area (Å²) in [6, 6.07) is 0. The van der Waals surface area contributed by atoms with E-state index in [2.05, 4.69) is 0 Å². The third-order valence-electron chi connectivity index (χ3n) is 2.64. The molecule has 3 N–H and O–H groups in total. The molecule has 0 aromatic carbocycles. The molecule has 0 atom stereocenters. The Kier molecular flexibility index (Phi) is 4.02. The molecule has 0 radical (unpaired) electrons. The van der Waals surface area contributed by atoms with Gasteiger partial charge in [0.05, 0.1) is 0 Å². The van der Waals surface area contributed by atoms with Crippen LogP contribution in [0.4, 0.5) is 4.79 Å². The molecule has 1 aliphatic carbocycles. The third-order valence-corrected chi connectivity index (χ3v) is 2.64. The lowest BCUT2D eigenvalue weighted by Crippen LogP contribution is -2.24. The number of hydrogen-bond acceptors (Lipinski definition) is 3. The minimum absolute atomic E-state index is 0.0773. The summed E-state index contributed by atoms with van der Waals surface area (Å²) in [4.78, 5) is 10.2. The summed E-state index contributed by atoms with van der Waals surface area (Å²) in [5.74, 6) is 0.679. The highest BCUT2D eigenvalue weighted by molar-refractivity contribution is 5.57. The molecule has 0 spiro atoms. The first kappa shape index (κ1) is 10.3. The van der Waals surface area contributed by atoms with Crippen molar-refractivity contribution in [3.05, 3.63) is 0 Å². The van der Waals surface area contributed by atoms with Gasteiger partial charge in [0.15, 0.2) is 0 Å². The second-order valence-electron chi connectivity index (χ2n) is 3.60. The fraction of sp³-hybridized carbons (Fsp3) is 0.889. The van der Waals surface area contributed by atoms with Gasteiger partial charge in [-0.15, -0.1) is 0 Å². The number of hydrogen-bond donors (Lipinski definition) is 2. The maximum atomic E-state index is 10.2. The van der Waals surface area contributed by atoms with Gasteiger partial charge in [-0.2, -0.15) is 0 Å². The third kappa shape index (κ3) is 3.63. The van der Waals surface area contributed by atoms with Gasteiger partial charge in [-0.05, 0) is 44.6 Å². The average molecular weight is 187 g/mol. The molecular weight excluding hydrogens is 170 g/mol. The minimum Gasteiger partial charge on any atom is -0.450 e. The minimum atomic E-state index is -1.15. The summed E-state index contributed by atoms with van der Waals surface area (Å²) in [6.45, 7) is 0.731. The van der Waals surface area contributed by atoms with Crippen LogP contribution in [0.15, 0.2) is 0 Å². The Bertz CT molecular complexity index is 164. The first-order valence-corrected chi connectivity index (χ1v) is 4.82. The van der Waals surface area contributed by atoms with Gasteiger partial charge in [0.1, 0.15) is 6.10 Å². The van der Waals surface area contributed by atoms with Gasteiger partial charge in [-0.25, -0.2) is 4.79 Å². The highest BCUT2D eigenvalue weighted by Crippen LogP contribution is 2.27. The van der Waals surface area contributed by atoms with Gasteiger partial charge in [0, 0.05) is 0 Å². The Hall–Kier alpha value is -0.770. The van der Waals surface area contributed by atoms with Crippen molar-refractivity contribution in [2.75, 3.05) is 6.54 Å². The van der Waals surface area contributed by atoms with E-state index in [4.69, 9.17) is 15.6 Å². The predicted molar refractivity (Wildman–Crippen MR) is 48.5 cm³/mol. The Balaban J connectivity index is 2.18. The van der Waals surface area contributed by atoms with Crippen molar-refractivity contribution in [3.63, 3.8) is 0 Å². The van der Waals surface area contributed by atoms with E-state index in [1.165, 1.54) is 0 Å². The van der Waals surface area contributed by atoms with E-state index in [1.807, 2.05) is 0 Å². The molecule has 1 rings (SSSR count). The van der Waals surface area contributed by atoms with Crippen LogP contribution in [0.2, 0.25) is 0 Å². The van der Waals surface area contributed by atoms with E-state index < -0.39 is 6.16 Å². The second kappa shape index (κ2) is 5.07. The van der Waals surface area contributed by atoms with Gasteiger partial charge in [-0.1, -0.05) is 0 Å². The van der Waals surface area contributed by atoms with Crippen LogP contribution in [0.25, 0.3) is 0 Å². The maximum Gasteiger partial charge on any atom is 0.506 e. The summed E-state index contributed by atoms with van der Waals surface area (Å²) in [6.07, 6.45) is 3.65. The number of nitrogens with two attached hydrogens (primary N) is 1. The number of ether oxygens (including phenoxy) is 1. The van der Waals surface area contributed by atoms with Crippen molar-refractivity contribution < 1.29 is 14.6 Å². The monoisotopic (exact) mass is 187 g/mol. The highest BCUT2D eigenvalue weighted by atomic mass is 16.7. The van der Waals surface area contributed by atoms with Crippen LogP contribution >= 0.6 is 0 Å². The highest BCUT2D eigenvalue weighted by Gasteiger charge is 2.22. The fourth-order valence-electron chi connectivity index (χ4n) is 1.92. The Morgan fingerprint density at radius 1 is 1.38 bits per heavy atom. The first-order valence-electron chi connectivity index (χ1n) is 4.82. The summed E-state index contributed by atoms with van der Waals surface area (Å²) >= 11 is 0. The smallest absolute Gasteiger partial charge is 0.450 e. The molecule has 76 valence electrons. The molecule has 4 heteroatoms. The average Bonchev–Trinajstić information content (AvgIpc) is 2.08. The molecule has 0 saturated heterocycles. The van der Waals surface area contributed by atoms with Crippen LogP contribution in [0.3, 0.4) is 0 Å². The van der Waals surface area contributed by atoms with Gasteiger partial charge in [-0.3, -0.25) is 0 Å². The molecule has 4 nitrogen and oxygen atoms in total. The lowest BCUT2D eigenvalue weighted by atomic mass is 9.85. The lowest BCUT2D eigenvalue weighted by molar-refractivity contribution is 0.0279. The Labute approximate surface area is 78.1 Å². The standard InChI is InChI=1S/C9H17NO3/c10-6-5-7-1-3-8(4-2-7)13-9(11)12/h7-8H,1-6,10H2,(H,11,12)/t7-,8-. The molecule has 0 bridgehead atoms. The van der Waals surface area contributed by atoms with Crippen molar-refractivity contribution in [3.8, 4) is 0 Å². The molecule has 0 aromatic rings. The Morgan fingerprint density at radius 3 is 2.46 bits per heavy atom. The molecule has 0 unspecified atom stereocenters. The van der Waals surface area contributed by atoms with Gasteiger partial charge in [0.2, 0.25) is 0 Å². The lowest BCUT2D eigenvalue weighted by Gasteiger charge is -2.26. The zero-order chi connectivity index (χ0) is 9.68. The van der Waals surface area contributed by atoms with Crippen molar-refractivity contribution in [1.82, 2.24) is 0 Å². The molecule has 1 saturated carbocycles. The largest absolute Gasteiger partial charge is 0.506 e. The normalized spacial score (nSPS) is 28.4. The van der Waals surface area contributed by atoms with Gasteiger partial charge < -0.3 is 15.6 Å². The van der Waals surface area contributed by atoms with E-state index in [9.17, 15) is 4.79 Å². The predicted octanol–water partition coefficient (Wildman–Crippen LogP) is 1.59. The van der Waals surface area contributed by atoms with E-state index >= 15 is 0 Å². The second-order valence-corrected chi connectivity index (χ2v) is 3.60. The molecule has 1 aliphatic rings. The van der Waals surface area contributed by atoms with E-state index in [0.717, 1.165) is 38.6 Å². The molecule has 0 aromatic heterocycles. The van der Waals surface area contributed by atoms with Crippen LogP contribution in [-0.2, 0) is 4.74 Å². The zero-order valence-electron chi connectivity index (χ0n) is 7.74. The molecular formula is C9H17NO3. The first-order chi connectivity index (χ1) is 6.22. The molecule has 0 heterocycles. The Morgan fingerprint density at radius 2 is 2.00 bits per heavy atom. The van der Waals surface area contributed by atoms with Crippen LogP contribution in [0, 0.1) is 5.92 Å². The van der Waals surface area contributed by atoms with Gasteiger partial charge in [0.25, 0.3) is 0 Å². The van der Waals surface area contributed by atoms with Crippen LogP contribution in [0.5, 0.6) is 0 Å². The van der Waals surface area contributed by atoms with Gasteiger partial charge >= 0.3 is 6.16 Å². The summed E-state index contributed by atoms with van der Waals surface area (Å²) in [5, 5.41) is 8.39. The van der Waals surface area contributed by atoms with Crippen LogP contribution in [0.1, 0.15) is 32.1 Å². The molecule has 1 fully saturated rings. The SMILES string of the molecule is NCC[C@H]1CC[C@H](OC(=O)O)CC1. The molecule has 0 amide bonds. The van der Waals surface area contributed by atoms with Crippen molar-refractivity contribution in [2.45, 2.75) is 38.2 Å². The van der Waals surface area contributed by atoms with E-state index in [0.29, 0.717) is 5.92 Å². The number of carbonyl (C=O) groups is 1. The van der Waals surface area contributed by atoms with Crippen LogP contribution in [-0.4, -0.2) is 23.9 Å². The van der Waals surface area contributed by atoms with Crippen molar-refractivity contribution >= 4 is 6.16 Å². The molecule has 0 aliphatic heterocycles. The number of carboxylic acid groups (broad SMARTS) is 1. The summed E-state index contributed by atoms with van der Waals surface area (Å²) in [5.41, 5.74) is 5.45. The quantitative estimate of drug-likeness (QED) is 0.658. The van der Waals surface area contributed by atoms with Crippen molar-refractivity contribution in [2.24, 2.45) is 11.7 Å². The maximum absolute atomic E-state index is 10.2. The fourth-order valence-corrected chi connectivity index (χ4v) is 1.92. The summed E-state index contributed by atoms with van der Waals surface area (Å²) < 4.78 is 4.70. The topological polar surface area (TPSA) is 72.5 Å². The number of rotatable bonds is 3. The summed E-state index contributed by atoms with van der Waals surface area (Å²) in [7, 11) is 0. The van der Waals surface area contributed by atoms with E-state index in [-0.39, 0.29) is 6.10 Å². The molecule has 13 heavy (non-hydrogen) atoms. The van der Waals surface area contributed by atoms with Crippen molar-refractivity contribution in [1.29, 1.82) is 0 Å². The van der Waals surface area contributed by atoms with Crippen LogP contribution < -0.4 is 5.73 Å².